The van der Waals surface area contributed by atoms with E-state index in [-0.39, 0.29) is 11.1 Å². The number of anilines is 1. The second-order valence-corrected chi connectivity index (χ2v) is 10.7. The van der Waals surface area contributed by atoms with Gasteiger partial charge in [-0.05, 0) is 50.1 Å². The molecule has 35 heavy (non-hydrogen) atoms. The van der Waals surface area contributed by atoms with Crippen molar-refractivity contribution >= 4 is 17.5 Å². The van der Waals surface area contributed by atoms with Crippen LogP contribution in [0.25, 0.3) is 6.08 Å². The van der Waals surface area contributed by atoms with Crippen LogP contribution >= 0.6 is 0 Å². The van der Waals surface area contributed by atoms with Crippen molar-refractivity contribution in [1.82, 2.24) is 0 Å². The fraction of sp³-hybridized carbons (Fsp3) is 0.533. The normalized spacial score (nSPS) is 20.5. The molecule has 0 radical (unpaired) electrons. The van der Waals surface area contributed by atoms with Crippen LogP contribution in [-0.2, 0) is 5.41 Å². The van der Waals surface area contributed by atoms with Gasteiger partial charge in [0.1, 0.15) is 5.75 Å². The number of quaternary nitrogens is 1. The van der Waals surface area contributed by atoms with Crippen molar-refractivity contribution in [2.75, 3.05) is 11.4 Å². The Bertz CT molecular complexity index is 1020. The van der Waals surface area contributed by atoms with Gasteiger partial charge in [-0.2, -0.15) is 5.23 Å². The summed E-state index contributed by atoms with van der Waals surface area (Å²) in [6, 6.07) is 13.8. The zero-order chi connectivity index (χ0) is 24.9. The maximum atomic E-state index is 11.4. The van der Waals surface area contributed by atoms with Crippen molar-refractivity contribution in [3.8, 4) is 5.75 Å². The number of fused-ring (bicyclic) bond motifs is 2. The predicted octanol–water partition coefficient (Wildman–Crippen LogP) is 6.91. The van der Waals surface area contributed by atoms with Crippen molar-refractivity contribution in [2.24, 2.45) is 0 Å². The molecule has 0 aliphatic carbocycles. The molecule has 1 spiro atoms. The lowest BCUT2D eigenvalue weighted by atomic mass is 9.76. The summed E-state index contributed by atoms with van der Waals surface area (Å²) in [4.78, 5) is 2.44. The molecule has 2 aliphatic heterocycles. The van der Waals surface area contributed by atoms with Crippen LogP contribution in [0, 0.1) is 5.21 Å². The first-order valence-electron chi connectivity index (χ1n) is 13.5. The molecule has 2 unspecified atom stereocenters. The van der Waals surface area contributed by atoms with Crippen LogP contribution < -0.4 is 14.9 Å². The van der Waals surface area contributed by atoms with Crippen LogP contribution in [0.15, 0.2) is 48.5 Å². The highest BCUT2D eigenvalue weighted by molar-refractivity contribution is 5.73. The number of hydrogen-bond donors (Lipinski definition) is 2. The largest absolute Gasteiger partial charge is 0.595 e. The minimum atomic E-state index is -0.919. The van der Waals surface area contributed by atoms with E-state index in [4.69, 9.17) is 4.74 Å². The Balaban J connectivity index is 1.45. The fourth-order valence-corrected chi connectivity index (χ4v) is 5.78. The van der Waals surface area contributed by atoms with Gasteiger partial charge in [-0.15, -0.1) is 0 Å². The maximum absolute atomic E-state index is 11.4. The quantitative estimate of drug-likeness (QED) is 0.257. The molecule has 2 aromatic carbocycles. The summed E-state index contributed by atoms with van der Waals surface area (Å²) in [5.41, 5.74) is 2.74. The average molecular weight is 479 g/mol. The van der Waals surface area contributed by atoms with Crippen LogP contribution in [0.5, 0.6) is 5.75 Å². The zero-order valence-electron chi connectivity index (χ0n) is 21.7. The van der Waals surface area contributed by atoms with E-state index < -0.39 is 11.0 Å². The van der Waals surface area contributed by atoms with E-state index in [0.29, 0.717) is 0 Å². The van der Waals surface area contributed by atoms with Gasteiger partial charge >= 0.3 is 0 Å². The molecule has 5 heteroatoms. The minimum Gasteiger partial charge on any atom is -0.595 e. The first kappa shape index (κ1) is 25.7. The molecule has 2 atom stereocenters. The van der Waals surface area contributed by atoms with Crippen molar-refractivity contribution < 1.29 is 15.2 Å². The van der Waals surface area contributed by atoms with Gasteiger partial charge in [0.2, 0.25) is 5.72 Å². The topological polar surface area (TPSA) is 60.2 Å². The second-order valence-electron chi connectivity index (χ2n) is 10.7. The fourth-order valence-electron chi connectivity index (χ4n) is 5.78. The molecule has 2 aliphatic rings. The van der Waals surface area contributed by atoms with Crippen LogP contribution in [-0.4, -0.2) is 17.5 Å². The third-order valence-electron chi connectivity index (χ3n) is 7.91. The van der Waals surface area contributed by atoms with Crippen LogP contribution in [0.4, 0.5) is 11.4 Å². The molecule has 2 heterocycles. The van der Waals surface area contributed by atoms with Crippen LogP contribution in [0.3, 0.4) is 0 Å². The number of ether oxygens (including phenoxy) is 1. The molecule has 0 amide bonds. The Morgan fingerprint density at radius 2 is 1.57 bits per heavy atom. The Labute approximate surface area is 210 Å². The molecule has 4 rings (SSSR count). The Kier molecular flexibility index (Phi) is 8.20. The van der Waals surface area contributed by atoms with Gasteiger partial charge < -0.3 is 14.8 Å². The summed E-state index contributed by atoms with van der Waals surface area (Å²) in [5, 5.41) is 19.9. The Morgan fingerprint density at radius 3 is 2.26 bits per heavy atom. The summed E-state index contributed by atoms with van der Waals surface area (Å²) in [6.07, 6.45) is 17.4. The van der Waals surface area contributed by atoms with E-state index in [1.807, 2.05) is 12.1 Å². The van der Waals surface area contributed by atoms with Crippen LogP contribution in [0.1, 0.15) is 96.1 Å². The van der Waals surface area contributed by atoms with Crippen molar-refractivity contribution in [1.29, 1.82) is 0 Å². The predicted molar refractivity (Wildman–Crippen MR) is 143 cm³/mol. The first-order valence-corrected chi connectivity index (χ1v) is 13.5. The van der Waals surface area contributed by atoms with Gasteiger partial charge in [-0.3, -0.25) is 0 Å². The van der Waals surface area contributed by atoms with Gasteiger partial charge in [0, 0.05) is 29.9 Å². The summed E-state index contributed by atoms with van der Waals surface area (Å²) in [6.45, 7) is 7.71. The number of hydrogen-bond acceptors (Lipinski definition) is 4. The molecule has 0 fully saturated rings. The lowest BCUT2D eigenvalue weighted by Gasteiger charge is -2.47. The SMILES string of the molecule is CCCCCCCCCCCCN1c2ccccc2C(C)(C)C12C=Cc1cc([NH+]([O-])O)ccc1O2. The van der Waals surface area contributed by atoms with Gasteiger partial charge in [0.05, 0.1) is 5.41 Å². The summed E-state index contributed by atoms with van der Waals surface area (Å²) < 4.78 is 6.81. The summed E-state index contributed by atoms with van der Waals surface area (Å²) >= 11 is 0. The van der Waals surface area contributed by atoms with Crippen molar-refractivity contribution in [2.45, 2.75) is 96.1 Å². The zero-order valence-corrected chi connectivity index (χ0v) is 21.7. The van der Waals surface area contributed by atoms with Gasteiger partial charge in [0.25, 0.3) is 0 Å². The van der Waals surface area contributed by atoms with Crippen molar-refractivity contribution in [3.63, 3.8) is 0 Å². The third kappa shape index (κ3) is 5.13. The van der Waals surface area contributed by atoms with E-state index in [9.17, 15) is 10.4 Å². The van der Waals surface area contributed by atoms with Crippen LogP contribution in [0.2, 0.25) is 0 Å². The van der Waals surface area contributed by atoms with Crippen molar-refractivity contribution in [3.05, 3.63) is 64.9 Å². The molecule has 5 nitrogen and oxygen atoms in total. The first-order chi connectivity index (χ1) is 16.9. The molecule has 0 bridgehead atoms. The Hall–Kier alpha value is -2.34. The summed E-state index contributed by atoms with van der Waals surface area (Å²) in [7, 11) is 0. The molecule has 190 valence electrons. The average Bonchev–Trinajstić information content (AvgIpc) is 3.03. The highest BCUT2D eigenvalue weighted by Gasteiger charge is 2.58. The van der Waals surface area contributed by atoms with Gasteiger partial charge in [0.15, 0.2) is 5.69 Å². The lowest BCUT2D eigenvalue weighted by Crippen LogP contribution is -2.99. The monoisotopic (exact) mass is 478 g/mol. The van der Waals surface area contributed by atoms with E-state index >= 15 is 0 Å². The van der Waals surface area contributed by atoms with E-state index in [0.717, 1.165) is 24.3 Å². The van der Waals surface area contributed by atoms with E-state index in [1.165, 1.54) is 69.0 Å². The highest BCUT2D eigenvalue weighted by atomic mass is 16.8. The van der Waals surface area contributed by atoms with E-state index in [2.05, 4.69) is 56.0 Å². The number of para-hydroxylation sites is 1. The number of benzene rings is 2. The molecular weight excluding hydrogens is 436 g/mol. The maximum Gasteiger partial charge on any atom is 0.212 e. The molecule has 2 aromatic rings. The standard InChI is InChI=1S/C30H42N2O3/c1-4-5-6-7-8-9-10-11-12-15-22-31-27-17-14-13-16-26(27)29(2,3)30(31)21-20-24-23-25(32(33)34)18-19-28(24)35-30/h13-14,16-21,23,32-33H,4-12,15,22H2,1-3H3. The van der Waals surface area contributed by atoms with Gasteiger partial charge in [-0.25, -0.2) is 5.21 Å². The minimum absolute atomic E-state index is 0.262. The highest BCUT2D eigenvalue weighted by Crippen LogP contribution is 2.55. The number of unbranched alkanes of at least 4 members (excludes halogenated alkanes) is 9. The molecule has 2 N–H and O–H groups in total. The molecule has 0 saturated carbocycles. The second kappa shape index (κ2) is 11.2. The lowest BCUT2D eigenvalue weighted by molar-refractivity contribution is -0.991. The molecule has 0 saturated heterocycles. The molecule has 0 aromatic heterocycles. The molecular formula is C30H42N2O3. The third-order valence-corrected chi connectivity index (χ3v) is 7.91. The number of rotatable bonds is 12. The summed E-state index contributed by atoms with van der Waals surface area (Å²) in [5.74, 6) is 0.742. The number of nitrogens with one attached hydrogen (secondary N) is 1. The van der Waals surface area contributed by atoms with Gasteiger partial charge in [-0.1, -0.05) is 82.9 Å². The van der Waals surface area contributed by atoms with E-state index in [1.54, 1.807) is 12.1 Å². The smallest absolute Gasteiger partial charge is 0.212 e. The number of nitrogens with zero attached hydrogens (tertiary/aromatic N) is 1. The Morgan fingerprint density at radius 1 is 0.914 bits per heavy atom.